The largest absolute Gasteiger partial charge is 0.397 e. The van der Waals surface area contributed by atoms with E-state index in [0.29, 0.717) is 17.3 Å². The van der Waals surface area contributed by atoms with Gasteiger partial charge in [-0.3, -0.25) is 4.79 Å². The molecule has 1 aromatic rings. The van der Waals surface area contributed by atoms with Gasteiger partial charge in [0.25, 0.3) is 0 Å². The van der Waals surface area contributed by atoms with E-state index in [1.807, 2.05) is 13.1 Å². The van der Waals surface area contributed by atoms with Crippen molar-refractivity contribution in [1.82, 2.24) is 0 Å². The first kappa shape index (κ1) is 11.8. The molecule has 4 nitrogen and oxygen atoms in total. The maximum Gasteiger partial charge on any atom is 0.248 e. The summed E-state index contributed by atoms with van der Waals surface area (Å²) in [6.45, 7) is 2.21. The smallest absolute Gasteiger partial charge is 0.248 e. The van der Waals surface area contributed by atoms with Crippen molar-refractivity contribution in [3.8, 4) is 0 Å². The molecule has 0 aromatic heterocycles. The molecule has 2 rings (SSSR count). The predicted octanol–water partition coefficient (Wildman–Crippen LogP) is 1.60. The topological polar surface area (TPSA) is 72.3 Å². The Balaban J connectivity index is 2.23. The first-order chi connectivity index (χ1) is 8.00. The van der Waals surface area contributed by atoms with Crippen LogP contribution in [0.1, 0.15) is 30.1 Å². The van der Waals surface area contributed by atoms with E-state index in [9.17, 15) is 4.79 Å². The van der Waals surface area contributed by atoms with E-state index in [0.717, 1.165) is 11.6 Å². The Hall–Kier alpha value is -1.71. The minimum Gasteiger partial charge on any atom is -0.397 e. The molecule has 0 spiro atoms. The van der Waals surface area contributed by atoms with Crippen molar-refractivity contribution >= 4 is 17.3 Å². The van der Waals surface area contributed by atoms with E-state index in [1.165, 1.54) is 12.8 Å². The highest BCUT2D eigenvalue weighted by atomic mass is 16.1. The minimum absolute atomic E-state index is 0.443. The van der Waals surface area contributed by atoms with Crippen molar-refractivity contribution in [2.45, 2.75) is 25.8 Å². The van der Waals surface area contributed by atoms with Crippen LogP contribution in [0.15, 0.2) is 18.2 Å². The summed E-state index contributed by atoms with van der Waals surface area (Å²) in [4.78, 5) is 13.2. The fourth-order valence-electron chi connectivity index (χ4n) is 2.14. The van der Waals surface area contributed by atoms with Crippen LogP contribution >= 0.6 is 0 Å². The molecule has 0 heterocycles. The van der Waals surface area contributed by atoms with Gasteiger partial charge in [0.2, 0.25) is 5.91 Å². The lowest BCUT2D eigenvalue weighted by atomic mass is 10.1. The first-order valence-corrected chi connectivity index (χ1v) is 5.93. The van der Waals surface area contributed by atoms with E-state index >= 15 is 0 Å². The number of carbonyl (C=O) groups excluding carboxylic acids is 1. The summed E-state index contributed by atoms with van der Waals surface area (Å²) < 4.78 is 0. The van der Waals surface area contributed by atoms with Crippen LogP contribution in [0.5, 0.6) is 0 Å². The maximum atomic E-state index is 11.0. The Morgan fingerprint density at radius 2 is 2.12 bits per heavy atom. The zero-order valence-electron chi connectivity index (χ0n) is 10.3. The molecule has 1 aromatic carbocycles. The summed E-state index contributed by atoms with van der Waals surface area (Å²) in [7, 11) is 2.04. The Labute approximate surface area is 102 Å². The normalized spacial score (nSPS) is 16.6. The number of hydrogen-bond donors (Lipinski definition) is 2. The average molecular weight is 233 g/mol. The number of benzene rings is 1. The van der Waals surface area contributed by atoms with Crippen molar-refractivity contribution in [2.75, 3.05) is 17.7 Å². The van der Waals surface area contributed by atoms with Crippen LogP contribution in [-0.4, -0.2) is 19.0 Å². The number of amides is 1. The van der Waals surface area contributed by atoms with Crippen molar-refractivity contribution in [3.05, 3.63) is 23.8 Å². The van der Waals surface area contributed by atoms with E-state index in [2.05, 4.69) is 11.8 Å². The highest BCUT2D eigenvalue weighted by molar-refractivity contribution is 5.94. The monoisotopic (exact) mass is 233 g/mol. The van der Waals surface area contributed by atoms with Crippen LogP contribution in [0.3, 0.4) is 0 Å². The molecule has 4 heteroatoms. The Bertz CT molecular complexity index is 440. The highest BCUT2D eigenvalue weighted by Crippen LogP contribution is 2.37. The van der Waals surface area contributed by atoms with Crippen LogP contribution in [-0.2, 0) is 0 Å². The second-order valence-corrected chi connectivity index (χ2v) is 4.83. The van der Waals surface area contributed by atoms with Gasteiger partial charge in [0.1, 0.15) is 0 Å². The molecule has 1 amide bonds. The molecular weight excluding hydrogens is 214 g/mol. The number of carbonyl (C=O) groups is 1. The van der Waals surface area contributed by atoms with Gasteiger partial charge in [0.15, 0.2) is 0 Å². The van der Waals surface area contributed by atoms with Gasteiger partial charge >= 0.3 is 0 Å². The zero-order valence-corrected chi connectivity index (χ0v) is 10.3. The molecule has 4 N–H and O–H groups in total. The molecule has 1 aliphatic carbocycles. The minimum atomic E-state index is -0.443. The molecule has 1 atom stereocenters. The molecule has 0 radical (unpaired) electrons. The van der Waals surface area contributed by atoms with Gasteiger partial charge in [-0.1, -0.05) is 0 Å². The van der Waals surface area contributed by atoms with E-state index in [4.69, 9.17) is 11.5 Å². The zero-order chi connectivity index (χ0) is 12.6. The SMILES string of the molecule is CC(C1CC1)N(C)c1ccc(C(N)=O)cc1N. The van der Waals surface area contributed by atoms with Gasteiger partial charge in [-0.2, -0.15) is 0 Å². The third-order valence-electron chi connectivity index (χ3n) is 3.61. The molecule has 17 heavy (non-hydrogen) atoms. The molecule has 0 bridgehead atoms. The van der Waals surface area contributed by atoms with Gasteiger partial charge in [-0.15, -0.1) is 0 Å². The lowest BCUT2D eigenvalue weighted by Crippen LogP contribution is -2.31. The third kappa shape index (κ3) is 2.35. The van der Waals surface area contributed by atoms with E-state index in [-0.39, 0.29) is 0 Å². The summed E-state index contributed by atoms with van der Waals surface area (Å²) in [5.74, 6) is 0.330. The molecule has 0 aliphatic heterocycles. The van der Waals surface area contributed by atoms with Gasteiger partial charge in [0, 0.05) is 18.7 Å². The Kier molecular flexibility index (Phi) is 2.96. The second-order valence-electron chi connectivity index (χ2n) is 4.83. The van der Waals surface area contributed by atoms with Crippen molar-refractivity contribution in [2.24, 2.45) is 11.7 Å². The lowest BCUT2D eigenvalue weighted by molar-refractivity contribution is 0.100. The summed E-state index contributed by atoms with van der Waals surface area (Å²) in [6.07, 6.45) is 2.59. The number of hydrogen-bond acceptors (Lipinski definition) is 3. The molecule has 1 saturated carbocycles. The van der Waals surface area contributed by atoms with Crippen LogP contribution in [0.4, 0.5) is 11.4 Å². The molecule has 1 fully saturated rings. The van der Waals surface area contributed by atoms with Gasteiger partial charge in [-0.05, 0) is 43.9 Å². The fraction of sp³-hybridized carbons (Fsp3) is 0.462. The van der Waals surface area contributed by atoms with Gasteiger partial charge in [-0.25, -0.2) is 0 Å². The van der Waals surface area contributed by atoms with Crippen molar-refractivity contribution in [3.63, 3.8) is 0 Å². The second kappa shape index (κ2) is 4.28. The van der Waals surface area contributed by atoms with Crippen molar-refractivity contribution < 1.29 is 4.79 Å². The van der Waals surface area contributed by atoms with Gasteiger partial charge < -0.3 is 16.4 Å². The number of rotatable bonds is 4. The quantitative estimate of drug-likeness (QED) is 0.776. The Morgan fingerprint density at radius 3 is 2.59 bits per heavy atom. The summed E-state index contributed by atoms with van der Waals surface area (Å²) in [6, 6.07) is 5.73. The molecule has 1 unspecified atom stereocenters. The number of anilines is 2. The predicted molar refractivity (Wildman–Crippen MR) is 70.0 cm³/mol. The van der Waals surface area contributed by atoms with Crippen LogP contribution in [0.2, 0.25) is 0 Å². The first-order valence-electron chi connectivity index (χ1n) is 5.93. The number of primary amides is 1. The number of nitrogens with two attached hydrogens (primary N) is 2. The Morgan fingerprint density at radius 1 is 1.47 bits per heavy atom. The molecule has 92 valence electrons. The average Bonchev–Trinajstić information content (AvgIpc) is 3.10. The van der Waals surface area contributed by atoms with Crippen LogP contribution in [0.25, 0.3) is 0 Å². The van der Waals surface area contributed by atoms with E-state index < -0.39 is 5.91 Å². The standard InChI is InChI=1S/C13H19N3O/c1-8(9-3-4-9)16(2)12-6-5-10(13(15)17)7-11(12)14/h5-9H,3-4,14H2,1-2H3,(H2,15,17). The number of nitrogen functional groups attached to an aromatic ring is 1. The van der Waals surface area contributed by atoms with Crippen LogP contribution in [0, 0.1) is 5.92 Å². The summed E-state index contributed by atoms with van der Waals surface area (Å²) in [5.41, 5.74) is 13.2. The van der Waals surface area contributed by atoms with E-state index in [1.54, 1.807) is 12.1 Å². The third-order valence-corrected chi connectivity index (χ3v) is 3.61. The lowest BCUT2D eigenvalue weighted by Gasteiger charge is -2.28. The van der Waals surface area contributed by atoms with Crippen LogP contribution < -0.4 is 16.4 Å². The fourth-order valence-corrected chi connectivity index (χ4v) is 2.14. The highest BCUT2D eigenvalue weighted by Gasteiger charge is 2.31. The van der Waals surface area contributed by atoms with Crippen molar-refractivity contribution in [1.29, 1.82) is 0 Å². The molecule has 1 aliphatic rings. The summed E-state index contributed by atoms with van der Waals surface area (Å²) in [5, 5.41) is 0. The maximum absolute atomic E-state index is 11.0. The molecule has 0 saturated heterocycles. The van der Waals surface area contributed by atoms with Gasteiger partial charge in [0.05, 0.1) is 11.4 Å². The summed E-state index contributed by atoms with van der Waals surface area (Å²) >= 11 is 0. The number of nitrogens with zero attached hydrogens (tertiary/aromatic N) is 1. The molecular formula is C13H19N3O.